The number of halogens is 1. The smallest absolute Gasteiger partial charge is 0.259 e. The third-order valence-corrected chi connectivity index (χ3v) is 5.17. The van der Waals surface area contributed by atoms with Crippen LogP contribution < -0.4 is 5.32 Å². The van der Waals surface area contributed by atoms with Crippen molar-refractivity contribution in [3.63, 3.8) is 0 Å². The summed E-state index contributed by atoms with van der Waals surface area (Å²) in [5.41, 5.74) is 4.02. The summed E-state index contributed by atoms with van der Waals surface area (Å²) in [6, 6.07) is 9.42. The third-order valence-electron chi connectivity index (χ3n) is 5.17. The number of amides is 1. The fourth-order valence-corrected chi connectivity index (χ4v) is 3.71. The Bertz CT molecular complexity index is 1490. The topological polar surface area (TPSA) is 111 Å². The van der Waals surface area contributed by atoms with Crippen LogP contribution >= 0.6 is 0 Å². The molecule has 1 amide bonds. The average molecular weight is 431 g/mol. The molecule has 0 saturated carbocycles. The zero-order chi connectivity index (χ0) is 22.4. The number of nitrogens with one attached hydrogen (secondary N) is 1. The van der Waals surface area contributed by atoms with Gasteiger partial charge in [0, 0.05) is 17.0 Å². The zero-order valence-electron chi connectivity index (χ0n) is 17.5. The predicted octanol–water partition coefficient (Wildman–Crippen LogP) is 3.32. The van der Waals surface area contributed by atoms with Gasteiger partial charge in [-0.15, -0.1) is 10.2 Å². The van der Waals surface area contributed by atoms with Crippen LogP contribution in [0.4, 0.5) is 4.39 Å². The zero-order valence-corrected chi connectivity index (χ0v) is 17.5. The molecule has 4 heterocycles. The maximum absolute atomic E-state index is 13.3. The van der Waals surface area contributed by atoms with Crippen molar-refractivity contribution >= 4 is 22.8 Å². The molecule has 10 heteroatoms. The second kappa shape index (κ2) is 7.49. The Kier molecular flexibility index (Phi) is 4.62. The molecule has 9 nitrogen and oxygen atoms in total. The molecule has 160 valence electrons. The number of carbonyl (C=O) groups excluding carboxylic acids is 1. The molecular formula is C22H18FN7O2. The second-order valence-electron chi connectivity index (χ2n) is 7.48. The van der Waals surface area contributed by atoms with Crippen molar-refractivity contribution in [3.8, 4) is 11.3 Å². The number of hydrogen-bond acceptors (Lipinski definition) is 7. The lowest BCUT2D eigenvalue weighted by atomic mass is 10.1. The number of rotatable bonds is 4. The van der Waals surface area contributed by atoms with Crippen molar-refractivity contribution in [2.45, 2.75) is 27.3 Å². The quantitative estimate of drug-likeness (QED) is 0.465. The summed E-state index contributed by atoms with van der Waals surface area (Å²) in [6.07, 6.45) is 0. The molecule has 0 fully saturated rings. The Balaban J connectivity index is 1.50. The molecule has 0 spiro atoms. The Labute approximate surface area is 181 Å². The fourth-order valence-electron chi connectivity index (χ4n) is 3.71. The van der Waals surface area contributed by atoms with E-state index >= 15 is 0 Å². The number of fused-ring (bicyclic) bond motifs is 2. The molecule has 0 saturated heterocycles. The Hall–Kier alpha value is -4.21. The molecule has 0 atom stereocenters. The van der Waals surface area contributed by atoms with E-state index in [1.165, 1.54) is 12.1 Å². The van der Waals surface area contributed by atoms with Crippen LogP contribution in [0.3, 0.4) is 0 Å². The van der Waals surface area contributed by atoms with Gasteiger partial charge in [-0.25, -0.2) is 14.4 Å². The van der Waals surface area contributed by atoms with Gasteiger partial charge in [-0.2, -0.15) is 0 Å². The molecule has 1 N–H and O–H groups in total. The summed E-state index contributed by atoms with van der Waals surface area (Å²) in [7, 11) is 0. The van der Waals surface area contributed by atoms with Gasteiger partial charge in [0.05, 0.1) is 28.9 Å². The first-order valence-corrected chi connectivity index (χ1v) is 9.90. The first-order chi connectivity index (χ1) is 15.4. The van der Waals surface area contributed by atoms with E-state index in [9.17, 15) is 9.18 Å². The van der Waals surface area contributed by atoms with Crippen LogP contribution in [-0.2, 0) is 6.54 Å². The standard InChI is InChI=1S/C22H18FN7O2/c1-11-8-12(2)30-18(27-28-22(30)25-11)10-24-20(31)16-9-17(14-4-6-15(23)7-5-14)26-21-19(16)13(3)29-32-21/h4-9H,10H2,1-3H3,(H,24,31). The lowest BCUT2D eigenvalue weighted by Crippen LogP contribution is -2.24. The lowest BCUT2D eigenvalue weighted by molar-refractivity contribution is 0.0951. The van der Waals surface area contributed by atoms with Gasteiger partial charge in [0.15, 0.2) is 5.82 Å². The van der Waals surface area contributed by atoms with Crippen molar-refractivity contribution in [2.24, 2.45) is 0 Å². The largest absolute Gasteiger partial charge is 0.345 e. The number of nitrogens with zero attached hydrogens (tertiary/aromatic N) is 6. The Morgan fingerprint density at radius 1 is 1.09 bits per heavy atom. The van der Waals surface area contributed by atoms with E-state index in [1.54, 1.807) is 29.5 Å². The van der Waals surface area contributed by atoms with Gasteiger partial charge in [-0.1, -0.05) is 5.16 Å². The molecular weight excluding hydrogens is 413 g/mol. The van der Waals surface area contributed by atoms with Crippen molar-refractivity contribution in [1.29, 1.82) is 0 Å². The normalized spacial score (nSPS) is 11.4. The van der Waals surface area contributed by atoms with Gasteiger partial charge in [0.1, 0.15) is 5.82 Å². The highest BCUT2D eigenvalue weighted by molar-refractivity contribution is 6.06. The molecule has 32 heavy (non-hydrogen) atoms. The summed E-state index contributed by atoms with van der Waals surface area (Å²) in [4.78, 5) is 22.0. The van der Waals surface area contributed by atoms with Gasteiger partial charge in [-0.3, -0.25) is 9.20 Å². The van der Waals surface area contributed by atoms with E-state index < -0.39 is 0 Å². The maximum atomic E-state index is 13.3. The van der Waals surface area contributed by atoms with E-state index in [4.69, 9.17) is 4.52 Å². The number of benzene rings is 1. The van der Waals surface area contributed by atoms with Crippen LogP contribution in [0.5, 0.6) is 0 Å². The van der Waals surface area contributed by atoms with E-state index in [2.05, 4.69) is 30.6 Å². The molecule has 0 aliphatic rings. The molecule has 0 radical (unpaired) electrons. The highest BCUT2D eigenvalue weighted by Gasteiger charge is 2.20. The van der Waals surface area contributed by atoms with E-state index in [-0.39, 0.29) is 24.0 Å². The van der Waals surface area contributed by atoms with Crippen LogP contribution in [-0.4, -0.2) is 35.6 Å². The van der Waals surface area contributed by atoms with Crippen molar-refractivity contribution in [1.82, 2.24) is 35.0 Å². The molecule has 0 aliphatic heterocycles. The van der Waals surface area contributed by atoms with E-state index in [1.807, 2.05) is 19.9 Å². The Morgan fingerprint density at radius 3 is 2.66 bits per heavy atom. The maximum Gasteiger partial charge on any atom is 0.259 e. The molecule has 0 unspecified atom stereocenters. The third kappa shape index (κ3) is 3.35. The minimum atomic E-state index is -0.358. The van der Waals surface area contributed by atoms with Crippen molar-refractivity contribution in [2.75, 3.05) is 0 Å². The van der Waals surface area contributed by atoms with E-state index in [0.717, 1.165) is 11.4 Å². The monoisotopic (exact) mass is 431 g/mol. The van der Waals surface area contributed by atoms with Crippen LogP contribution in [0.2, 0.25) is 0 Å². The highest BCUT2D eigenvalue weighted by atomic mass is 19.1. The number of hydrogen-bond donors (Lipinski definition) is 1. The van der Waals surface area contributed by atoms with Gasteiger partial charge in [-0.05, 0) is 57.2 Å². The van der Waals surface area contributed by atoms with Gasteiger partial charge < -0.3 is 9.84 Å². The molecule has 5 aromatic rings. The summed E-state index contributed by atoms with van der Waals surface area (Å²) in [5.74, 6) is 0.335. The van der Waals surface area contributed by atoms with Gasteiger partial charge in [0.2, 0.25) is 0 Å². The van der Waals surface area contributed by atoms with Crippen molar-refractivity contribution < 1.29 is 13.7 Å². The minimum absolute atomic E-state index is 0.144. The molecule has 0 aliphatic carbocycles. The summed E-state index contributed by atoms with van der Waals surface area (Å²) in [5, 5.41) is 15.6. The van der Waals surface area contributed by atoms with Gasteiger partial charge in [0.25, 0.3) is 17.4 Å². The van der Waals surface area contributed by atoms with Crippen LogP contribution in [0.25, 0.3) is 28.1 Å². The summed E-state index contributed by atoms with van der Waals surface area (Å²) >= 11 is 0. The Morgan fingerprint density at radius 2 is 1.88 bits per heavy atom. The lowest BCUT2D eigenvalue weighted by Gasteiger charge is -2.09. The summed E-state index contributed by atoms with van der Waals surface area (Å²) in [6.45, 7) is 5.70. The highest BCUT2D eigenvalue weighted by Crippen LogP contribution is 2.27. The van der Waals surface area contributed by atoms with Crippen molar-refractivity contribution in [3.05, 3.63) is 70.7 Å². The van der Waals surface area contributed by atoms with Gasteiger partial charge >= 0.3 is 0 Å². The molecule has 0 bridgehead atoms. The number of aryl methyl sites for hydroxylation is 3. The summed E-state index contributed by atoms with van der Waals surface area (Å²) < 4.78 is 20.4. The van der Waals surface area contributed by atoms with Crippen LogP contribution in [0, 0.1) is 26.6 Å². The van der Waals surface area contributed by atoms with Crippen LogP contribution in [0.1, 0.15) is 33.3 Å². The molecule has 4 aromatic heterocycles. The van der Waals surface area contributed by atoms with E-state index in [0.29, 0.717) is 39.5 Å². The average Bonchev–Trinajstić information content (AvgIpc) is 3.35. The number of carbonyl (C=O) groups is 1. The molecule has 1 aromatic carbocycles. The minimum Gasteiger partial charge on any atom is -0.345 e. The molecule has 5 rings (SSSR count). The predicted molar refractivity (Wildman–Crippen MR) is 113 cm³/mol. The number of aromatic nitrogens is 6. The fraction of sp³-hybridized carbons (Fsp3) is 0.182. The first kappa shape index (κ1) is 19.7. The number of pyridine rings is 1. The SMILES string of the molecule is Cc1cc(C)n2c(CNC(=O)c3cc(-c4ccc(F)cc4)nc4onc(C)c34)nnc2n1. The first-order valence-electron chi connectivity index (χ1n) is 9.90. The van der Waals surface area contributed by atoms with Crippen LogP contribution in [0.15, 0.2) is 40.9 Å². The second-order valence-corrected chi connectivity index (χ2v) is 7.48.